The van der Waals surface area contributed by atoms with Crippen molar-refractivity contribution in [2.45, 2.75) is 216 Å². The Labute approximate surface area is 285 Å². The highest BCUT2D eigenvalue weighted by Crippen LogP contribution is 2.35. The molecule has 4 saturated carbocycles. The van der Waals surface area contributed by atoms with Gasteiger partial charge in [-0.05, 0) is 71.0 Å². The van der Waals surface area contributed by atoms with Crippen molar-refractivity contribution in [1.29, 1.82) is 0 Å². The maximum atomic E-state index is 2.40. The second-order valence-corrected chi connectivity index (χ2v) is 15.0. The van der Waals surface area contributed by atoms with E-state index in [2.05, 4.69) is 83.1 Å². The van der Waals surface area contributed by atoms with E-state index in [0.29, 0.717) is 0 Å². The SMILES string of the molecule is CC.CC.CC.CC.CC1[C@@H](C)CCC[C@@H]1C.CC1[C@H](C)CCC[C@@H]1C.CC1[C@H](C)CCC[C@@H]1C.CC1[C@H](C)CCC[C@H]1C. The van der Waals surface area contributed by atoms with Crippen molar-refractivity contribution in [2.24, 2.45) is 71.0 Å². The zero-order valence-electron chi connectivity index (χ0n) is 35.4. The Bertz CT molecular complexity index is 400. The lowest BCUT2D eigenvalue weighted by atomic mass is 9.75. The number of hydrogen-bond acceptors (Lipinski definition) is 0. The monoisotopic (exact) mass is 625 g/mol. The fourth-order valence-corrected chi connectivity index (χ4v) is 7.39. The number of rotatable bonds is 0. The average Bonchev–Trinajstić information content (AvgIpc) is 3.05. The first-order chi connectivity index (χ1) is 20.9. The van der Waals surface area contributed by atoms with Crippen LogP contribution >= 0.6 is 0 Å². The Kier molecular flexibility index (Phi) is 38.0. The second-order valence-electron chi connectivity index (χ2n) is 15.0. The molecule has 0 radical (unpaired) electrons. The van der Waals surface area contributed by atoms with Gasteiger partial charge in [-0.2, -0.15) is 0 Å². The van der Waals surface area contributed by atoms with Gasteiger partial charge in [0.2, 0.25) is 0 Å². The molecule has 0 amide bonds. The first-order valence-electron chi connectivity index (χ1n) is 20.9. The molecule has 44 heavy (non-hydrogen) atoms. The van der Waals surface area contributed by atoms with Gasteiger partial charge in [0.05, 0.1) is 0 Å². The Morgan fingerprint density at radius 2 is 0.295 bits per heavy atom. The second kappa shape index (κ2) is 32.9. The van der Waals surface area contributed by atoms with Crippen LogP contribution in [0.15, 0.2) is 0 Å². The quantitative estimate of drug-likeness (QED) is 0.251. The molecule has 0 aromatic rings. The van der Waals surface area contributed by atoms with Crippen molar-refractivity contribution in [3.8, 4) is 0 Å². The van der Waals surface area contributed by atoms with E-state index in [1.54, 1.807) is 0 Å². The van der Waals surface area contributed by atoms with Crippen molar-refractivity contribution >= 4 is 0 Å². The van der Waals surface area contributed by atoms with Gasteiger partial charge in [0.15, 0.2) is 0 Å². The van der Waals surface area contributed by atoms with E-state index in [1.165, 1.54) is 77.0 Å². The van der Waals surface area contributed by atoms with E-state index in [0.717, 1.165) is 71.0 Å². The molecule has 0 aromatic carbocycles. The molecule has 272 valence electrons. The molecule has 0 nitrogen and oxygen atoms in total. The minimum absolute atomic E-state index is 0.971. The summed E-state index contributed by atoms with van der Waals surface area (Å²) < 4.78 is 0. The van der Waals surface area contributed by atoms with Gasteiger partial charge in [-0.1, -0.05) is 216 Å². The molecule has 0 aromatic heterocycles. The van der Waals surface area contributed by atoms with Crippen LogP contribution < -0.4 is 0 Å². The summed E-state index contributed by atoms with van der Waals surface area (Å²) in [5, 5.41) is 0. The minimum atomic E-state index is 0.971. The van der Waals surface area contributed by atoms with E-state index in [1.807, 2.05) is 55.4 Å². The summed E-state index contributed by atoms with van der Waals surface area (Å²) >= 11 is 0. The predicted octanol–water partition coefficient (Wildman–Crippen LogP) is 16.4. The van der Waals surface area contributed by atoms with E-state index < -0.39 is 0 Å². The first kappa shape index (κ1) is 50.8. The highest BCUT2D eigenvalue weighted by molar-refractivity contribution is 4.75. The average molecular weight is 625 g/mol. The summed E-state index contributed by atoms with van der Waals surface area (Å²) in [5.74, 6) is 11.7. The molecule has 0 heteroatoms. The third kappa shape index (κ3) is 22.5. The van der Waals surface area contributed by atoms with E-state index in [-0.39, 0.29) is 0 Å². The van der Waals surface area contributed by atoms with Gasteiger partial charge in [0.25, 0.3) is 0 Å². The largest absolute Gasteiger partial charge is 0.0683 e. The first-order valence-corrected chi connectivity index (χ1v) is 20.9. The van der Waals surface area contributed by atoms with Crippen LogP contribution in [-0.2, 0) is 0 Å². The lowest BCUT2D eigenvalue weighted by Gasteiger charge is -2.31. The van der Waals surface area contributed by atoms with Gasteiger partial charge < -0.3 is 0 Å². The molecule has 4 fully saturated rings. The smallest absolute Gasteiger partial charge is 0.0391 e. The lowest BCUT2D eigenvalue weighted by Crippen LogP contribution is -2.21. The van der Waals surface area contributed by atoms with Crippen molar-refractivity contribution in [1.82, 2.24) is 0 Å². The van der Waals surface area contributed by atoms with Gasteiger partial charge in [0.1, 0.15) is 0 Å². The van der Waals surface area contributed by atoms with Crippen LogP contribution in [0.1, 0.15) is 216 Å². The standard InChI is InChI=1S/4C9H18.4C2H6/c4*1-7-5-4-6-8(2)9(7)3;4*1-2/h4*7-9H,4-6H2,1-3H3;4*1-2H3/t2*7-,8+,9?;2*7-,8-;;;;/m..10..../s1. The molecule has 10 atom stereocenters. The van der Waals surface area contributed by atoms with Gasteiger partial charge in [0, 0.05) is 0 Å². The summed E-state index contributed by atoms with van der Waals surface area (Å²) in [5.41, 5.74) is 0. The summed E-state index contributed by atoms with van der Waals surface area (Å²) in [6.45, 7) is 44.7. The van der Waals surface area contributed by atoms with E-state index in [9.17, 15) is 0 Å². The third-order valence-electron chi connectivity index (χ3n) is 12.5. The fourth-order valence-electron chi connectivity index (χ4n) is 7.39. The normalized spacial score (nSPS) is 34.9. The molecule has 2 unspecified atom stereocenters. The Morgan fingerprint density at radius 3 is 0.364 bits per heavy atom. The molecule has 4 aliphatic carbocycles. The topological polar surface area (TPSA) is 0 Å². The lowest BCUT2D eigenvalue weighted by molar-refractivity contribution is 0.197. The molecule has 0 saturated heterocycles. The Balaban J connectivity index is -0.000000225. The van der Waals surface area contributed by atoms with Crippen molar-refractivity contribution in [2.75, 3.05) is 0 Å². The van der Waals surface area contributed by atoms with Gasteiger partial charge in [-0.15, -0.1) is 0 Å². The predicted molar refractivity (Wildman–Crippen MR) is 211 cm³/mol. The maximum Gasteiger partial charge on any atom is -0.0391 e. The molecule has 0 heterocycles. The Morgan fingerprint density at radius 1 is 0.205 bits per heavy atom. The highest BCUT2D eigenvalue weighted by atomic mass is 14.3. The van der Waals surface area contributed by atoms with Crippen LogP contribution in [-0.4, -0.2) is 0 Å². The van der Waals surface area contributed by atoms with Gasteiger partial charge in [-0.3, -0.25) is 0 Å². The molecule has 4 aliphatic rings. The zero-order chi connectivity index (χ0) is 35.4. The minimum Gasteiger partial charge on any atom is -0.0683 e. The van der Waals surface area contributed by atoms with E-state index >= 15 is 0 Å². The zero-order valence-corrected chi connectivity index (χ0v) is 35.4. The van der Waals surface area contributed by atoms with Crippen LogP contribution in [0.25, 0.3) is 0 Å². The Hall–Kier alpha value is 0. The molecular formula is C44H96. The van der Waals surface area contributed by atoms with Gasteiger partial charge in [-0.25, -0.2) is 0 Å². The fraction of sp³-hybridized carbons (Fsp3) is 1.00. The van der Waals surface area contributed by atoms with Crippen molar-refractivity contribution in [3.63, 3.8) is 0 Å². The van der Waals surface area contributed by atoms with Crippen LogP contribution in [0.3, 0.4) is 0 Å². The van der Waals surface area contributed by atoms with Crippen molar-refractivity contribution < 1.29 is 0 Å². The van der Waals surface area contributed by atoms with Crippen LogP contribution in [0.5, 0.6) is 0 Å². The maximum absolute atomic E-state index is 2.40. The molecular weight excluding hydrogens is 528 g/mol. The van der Waals surface area contributed by atoms with Crippen LogP contribution in [0.4, 0.5) is 0 Å². The van der Waals surface area contributed by atoms with Gasteiger partial charge >= 0.3 is 0 Å². The molecule has 0 spiro atoms. The molecule has 4 rings (SSSR count). The van der Waals surface area contributed by atoms with Crippen molar-refractivity contribution in [3.05, 3.63) is 0 Å². The summed E-state index contributed by atoms with van der Waals surface area (Å²) in [6.07, 6.45) is 17.6. The van der Waals surface area contributed by atoms with Crippen LogP contribution in [0, 0.1) is 71.0 Å². The molecule has 0 N–H and O–H groups in total. The van der Waals surface area contributed by atoms with Crippen LogP contribution in [0.2, 0.25) is 0 Å². The molecule has 0 aliphatic heterocycles. The summed E-state index contributed by atoms with van der Waals surface area (Å²) in [4.78, 5) is 0. The number of hydrogen-bond donors (Lipinski definition) is 0. The summed E-state index contributed by atoms with van der Waals surface area (Å²) in [7, 11) is 0. The third-order valence-corrected chi connectivity index (χ3v) is 12.5. The summed E-state index contributed by atoms with van der Waals surface area (Å²) in [6, 6.07) is 0. The van der Waals surface area contributed by atoms with E-state index in [4.69, 9.17) is 0 Å². The highest BCUT2D eigenvalue weighted by Gasteiger charge is 2.25. The molecule has 0 bridgehead atoms.